The van der Waals surface area contributed by atoms with E-state index in [1.54, 1.807) is 17.7 Å². The first-order chi connectivity index (χ1) is 20.7. The number of rotatable bonds is 11. The van der Waals surface area contributed by atoms with Crippen LogP contribution in [0.25, 0.3) is 17.3 Å². The fourth-order valence-electron chi connectivity index (χ4n) is 4.70. The Morgan fingerprint density at radius 1 is 0.929 bits per heavy atom. The molecule has 6 rings (SSSR count). The van der Waals surface area contributed by atoms with E-state index < -0.39 is 0 Å². The summed E-state index contributed by atoms with van der Waals surface area (Å²) in [6, 6.07) is 31.9. The molecule has 0 atom stereocenters. The van der Waals surface area contributed by atoms with Crippen LogP contribution in [0.15, 0.2) is 118 Å². The predicted molar refractivity (Wildman–Crippen MR) is 167 cm³/mol. The lowest BCUT2D eigenvalue weighted by Crippen LogP contribution is -2.26. The van der Waals surface area contributed by atoms with E-state index >= 15 is 0 Å². The number of nitrogens with one attached hydrogen (secondary N) is 1. The lowest BCUT2D eigenvalue weighted by atomic mass is 9.88. The minimum atomic E-state index is -0.179. The van der Waals surface area contributed by atoms with Crippen LogP contribution in [0.1, 0.15) is 39.0 Å². The Morgan fingerprint density at radius 2 is 1.64 bits per heavy atom. The molecule has 0 unspecified atom stereocenters. The molecule has 10 heteroatoms. The van der Waals surface area contributed by atoms with Gasteiger partial charge in [0.1, 0.15) is 10.7 Å². The highest BCUT2D eigenvalue weighted by molar-refractivity contribution is 7.98. The van der Waals surface area contributed by atoms with Crippen LogP contribution in [0.5, 0.6) is 0 Å². The molecule has 3 aromatic carbocycles. The van der Waals surface area contributed by atoms with Crippen molar-refractivity contribution in [3.63, 3.8) is 0 Å². The molecule has 7 nitrogen and oxygen atoms in total. The summed E-state index contributed by atoms with van der Waals surface area (Å²) in [5.74, 6) is 1.67. The summed E-state index contributed by atoms with van der Waals surface area (Å²) >= 11 is 9.45. The molecule has 3 aromatic heterocycles. The van der Waals surface area contributed by atoms with Gasteiger partial charge in [0.2, 0.25) is 5.82 Å². The van der Waals surface area contributed by atoms with Gasteiger partial charge in [0.25, 0.3) is 5.91 Å². The molecular formula is C32H26ClN5O2S2. The summed E-state index contributed by atoms with van der Waals surface area (Å²) in [5.41, 5.74) is 3.62. The van der Waals surface area contributed by atoms with Crippen LogP contribution < -0.4 is 5.32 Å². The number of carbonyl (C=O) groups is 1. The third-order valence-corrected chi connectivity index (χ3v) is 8.99. The zero-order chi connectivity index (χ0) is 28.7. The fraction of sp³-hybridized carbons (Fsp3) is 0.125. The molecule has 0 aliphatic carbocycles. The number of thioether (sulfide) groups is 1. The molecule has 6 aromatic rings. The highest BCUT2D eigenvalue weighted by atomic mass is 35.5. The second-order valence-corrected chi connectivity index (χ2v) is 11.7. The quantitative estimate of drug-likeness (QED) is 0.150. The van der Waals surface area contributed by atoms with Crippen molar-refractivity contribution in [2.75, 3.05) is 6.54 Å². The van der Waals surface area contributed by atoms with E-state index in [2.05, 4.69) is 44.8 Å². The van der Waals surface area contributed by atoms with E-state index in [9.17, 15) is 4.79 Å². The van der Waals surface area contributed by atoms with Gasteiger partial charge in [-0.05, 0) is 41.8 Å². The van der Waals surface area contributed by atoms with Crippen LogP contribution in [-0.2, 0) is 5.75 Å². The Labute approximate surface area is 256 Å². The van der Waals surface area contributed by atoms with Crippen molar-refractivity contribution in [2.24, 2.45) is 0 Å². The van der Waals surface area contributed by atoms with Crippen molar-refractivity contribution in [1.82, 2.24) is 25.1 Å². The number of carbonyl (C=O) groups excluding carboxylic acids is 1. The smallest absolute Gasteiger partial charge is 0.270 e. The molecule has 0 aliphatic heterocycles. The highest BCUT2D eigenvalue weighted by Crippen LogP contribution is 2.33. The Kier molecular flexibility index (Phi) is 8.79. The molecule has 210 valence electrons. The van der Waals surface area contributed by atoms with Crippen molar-refractivity contribution in [2.45, 2.75) is 23.2 Å². The maximum atomic E-state index is 13.0. The third-order valence-electron chi connectivity index (χ3n) is 6.70. The predicted octanol–water partition coefficient (Wildman–Crippen LogP) is 7.88. The second-order valence-electron chi connectivity index (χ2n) is 9.40. The van der Waals surface area contributed by atoms with Gasteiger partial charge in [0, 0.05) is 17.8 Å². The number of para-hydroxylation sites is 1. The topological polar surface area (TPSA) is 85.8 Å². The van der Waals surface area contributed by atoms with E-state index in [1.807, 2.05) is 71.3 Å². The summed E-state index contributed by atoms with van der Waals surface area (Å²) in [7, 11) is 0. The standard InChI is InChI=1S/C32H26ClN5O2S2/c33-25-14-7-8-15-27(25)38-30(28-16-9-19-40-28)36-37-32(38)42-21-29-35-26(20-41-29)31(39)34-18-17-24(22-10-3-1-4-11-22)23-12-5-2-6-13-23/h1-16,19-20,24H,17-18,21H2,(H,34,39). The molecule has 0 saturated carbocycles. The van der Waals surface area contributed by atoms with Crippen LogP contribution in [-0.4, -0.2) is 32.2 Å². The van der Waals surface area contributed by atoms with Crippen LogP contribution in [0, 0.1) is 0 Å². The van der Waals surface area contributed by atoms with Crippen LogP contribution >= 0.6 is 34.7 Å². The summed E-state index contributed by atoms with van der Waals surface area (Å²) in [6.45, 7) is 0.533. The molecule has 0 radical (unpaired) electrons. The van der Waals surface area contributed by atoms with Crippen LogP contribution in [0.2, 0.25) is 5.02 Å². The number of thiazole rings is 1. The number of furan rings is 1. The van der Waals surface area contributed by atoms with Crippen molar-refractivity contribution < 1.29 is 9.21 Å². The van der Waals surface area contributed by atoms with Gasteiger partial charge in [-0.25, -0.2) is 4.98 Å². The second kappa shape index (κ2) is 13.2. The molecule has 1 N–H and O–H groups in total. The van der Waals surface area contributed by atoms with Gasteiger partial charge in [-0.2, -0.15) is 0 Å². The monoisotopic (exact) mass is 611 g/mol. The highest BCUT2D eigenvalue weighted by Gasteiger charge is 2.21. The van der Waals surface area contributed by atoms with Gasteiger partial charge >= 0.3 is 0 Å². The first kappa shape index (κ1) is 28.0. The van der Waals surface area contributed by atoms with Gasteiger partial charge in [-0.15, -0.1) is 21.5 Å². The Bertz CT molecular complexity index is 1710. The van der Waals surface area contributed by atoms with Crippen molar-refractivity contribution in [3.05, 3.63) is 136 Å². The maximum Gasteiger partial charge on any atom is 0.270 e. The minimum Gasteiger partial charge on any atom is -0.461 e. The van der Waals surface area contributed by atoms with Gasteiger partial charge in [-0.1, -0.05) is 96.2 Å². The lowest BCUT2D eigenvalue weighted by Gasteiger charge is -2.18. The summed E-state index contributed by atoms with van der Waals surface area (Å²) < 4.78 is 7.47. The SMILES string of the molecule is O=C(NCCC(c1ccccc1)c1ccccc1)c1csc(CSc2nnc(-c3ccco3)n2-c2ccccc2Cl)n1. The van der Waals surface area contributed by atoms with Gasteiger partial charge in [-0.3, -0.25) is 9.36 Å². The fourth-order valence-corrected chi connectivity index (χ4v) is 6.66. The molecule has 0 spiro atoms. The molecular weight excluding hydrogens is 586 g/mol. The lowest BCUT2D eigenvalue weighted by molar-refractivity contribution is 0.0948. The maximum absolute atomic E-state index is 13.0. The third kappa shape index (κ3) is 6.33. The van der Waals surface area contributed by atoms with E-state index in [-0.39, 0.29) is 11.8 Å². The first-order valence-corrected chi connectivity index (χ1v) is 15.6. The molecule has 0 saturated heterocycles. The van der Waals surface area contributed by atoms with Gasteiger partial charge < -0.3 is 9.73 Å². The Hall–Kier alpha value is -4.18. The summed E-state index contributed by atoms with van der Waals surface area (Å²) in [5, 5.41) is 15.7. The summed E-state index contributed by atoms with van der Waals surface area (Å²) in [6.07, 6.45) is 2.38. The number of hydrogen-bond donors (Lipinski definition) is 1. The number of benzene rings is 3. The zero-order valence-corrected chi connectivity index (χ0v) is 24.8. The number of aromatic nitrogens is 4. The minimum absolute atomic E-state index is 0.179. The Morgan fingerprint density at radius 3 is 2.33 bits per heavy atom. The molecule has 42 heavy (non-hydrogen) atoms. The first-order valence-electron chi connectivity index (χ1n) is 13.4. The molecule has 3 heterocycles. The van der Waals surface area contributed by atoms with E-state index in [1.165, 1.54) is 34.2 Å². The van der Waals surface area contributed by atoms with Crippen molar-refractivity contribution in [3.8, 4) is 17.3 Å². The molecule has 1 amide bonds. The molecule has 0 bridgehead atoms. The number of amides is 1. The van der Waals surface area contributed by atoms with Crippen molar-refractivity contribution >= 4 is 40.6 Å². The van der Waals surface area contributed by atoms with Gasteiger partial charge in [0.15, 0.2) is 10.9 Å². The normalized spacial score (nSPS) is 11.2. The van der Waals surface area contributed by atoms with E-state index in [0.29, 0.717) is 39.8 Å². The van der Waals surface area contributed by atoms with Crippen LogP contribution in [0.4, 0.5) is 0 Å². The van der Waals surface area contributed by atoms with Gasteiger partial charge in [0.05, 0.1) is 22.7 Å². The number of halogens is 1. The Balaban J connectivity index is 1.11. The zero-order valence-electron chi connectivity index (χ0n) is 22.4. The average molecular weight is 612 g/mol. The van der Waals surface area contributed by atoms with Crippen LogP contribution in [0.3, 0.4) is 0 Å². The van der Waals surface area contributed by atoms with E-state index in [4.69, 9.17) is 16.0 Å². The average Bonchev–Trinajstić information content (AvgIpc) is 3.81. The van der Waals surface area contributed by atoms with E-state index in [0.717, 1.165) is 17.1 Å². The summed E-state index contributed by atoms with van der Waals surface area (Å²) in [4.78, 5) is 17.6. The molecule has 0 fully saturated rings. The number of hydrogen-bond acceptors (Lipinski definition) is 7. The number of nitrogens with zero attached hydrogens (tertiary/aromatic N) is 4. The largest absolute Gasteiger partial charge is 0.461 e. The molecule has 0 aliphatic rings. The van der Waals surface area contributed by atoms with Crippen molar-refractivity contribution in [1.29, 1.82) is 0 Å².